The van der Waals surface area contributed by atoms with Crippen molar-refractivity contribution in [2.24, 2.45) is 68.0 Å². The summed E-state index contributed by atoms with van der Waals surface area (Å²) in [6.07, 6.45) is 12.5. The summed E-state index contributed by atoms with van der Waals surface area (Å²) in [6.45, 7) is 25.8. The molecule has 5 fully saturated rings. The SMILES string of the molecule is CC1CC(C)(C)C2CCC3(C)C(CCC4C5(C)CC(C)C(O)C(C)(C)C5CCC43C)C2(C)C1. The molecule has 0 spiro atoms. The van der Waals surface area contributed by atoms with Crippen LogP contribution in [-0.4, -0.2) is 11.2 Å². The van der Waals surface area contributed by atoms with Gasteiger partial charge in [0, 0.05) is 0 Å². The third kappa shape index (κ3) is 2.93. The van der Waals surface area contributed by atoms with Crippen molar-refractivity contribution >= 4 is 0 Å². The molecule has 33 heavy (non-hydrogen) atoms. The van der Waals surface area contributed by atoms with Gasteiger partial charge in [-0.1, -0.05) is 69.2 Å². The van der Waals surface area contributed by atoms with E-state index in [9.17, 15) is 5.11 Å². The highest BCUT2D eigenvalue weighted by atomic mass is 16.3. The molecule has 0 amide bonds. The summed E-state index contributed by atoms with van der Waals surface area (Å²) in [5.41, 5.74) is 2.32. The van der Waals surface area contributed by atoms with Crippen molar-refractivity contribution in [3.05, 3.63) is 0 Å². The van der Waals surface area contributed by atoms with Crippen LogP contribution in [0.1, 0.15) is 127 Å². The lowest BCUT2D eigenvalue weighted by Gasteiger charge is -2.75. The maximum Gasteiger partial charge on any atom is 0.0619 e. The van der Waals surface area contributed by atoms with E-state index < -0.39 is 0 Å². The first-order chi connectivity index (χ1) is 15.0. The molecule has 1 N–H and O–H groups in total. The quantitative estimate of drug-likeness (QED) is 0.386. The largest absolute Gasteiger partial charge is 0.392 e. The maximum absolute atomic E-state index is 11.2. The lowest BCUT2D eigenvalue weighted by molar-refractivity contribution is -0.271. The fourth-order valence-corrected chi connectivity index (χ4v) is 13.5. The fraction of sp³-hybridized carbons (Fsp3) is 1.00. The first-order valence-electron chi connectivity index (χ1n) is 14.7. The zero-order valence-corrected chi connectivity index (χ0v) is 23.9. The average molecular weight is 457 g/mol. The Labute approximate surface area is 206 Å². The number of hydrogen-bond acceptors (Lipinski definition) is 1. The van der Waals surface area contributed by atoms with Crippen LogP contribution in [0.5, 0.6) is 0 Å². The first-order valence-corrected chi connectivity index (χ1v) is 14.7. The Hall–Kier alpha value is -0.0400. The van der Waals surface area contributed by atoms with E-state index in [-0.39, 0.29) is 11.5 Å². The van der Waals surface area contributed by atoms with Crippen molar-refractivity contribution in [2.75, 3.05) is 0 Å². The van der Waals surface area contributed by atoms with Crippen LogP contribution >= 0.6 is 0 Å². The molecule has 190 valence electrons. The van der Waals surface area contributed by atoms with Gasteiger partial charge in [-0.25, -0.2) is 0 Å². The summed E-state index contributed by atoms with van der Waals surface area (Å²) in [5, 5.41) is 11.2. The topological polar surface area (TPSA) is 20.2 Å². The van der Waals surface area contributed by atoms with E-state index in [1.54, 1.807) is 0 Å². The van der Waals surface area contributed by atoms with Crippen LogP contribution in [-0.2, 0) is 0 Å². The predicted octanol–water partition coefficient (Wildman–Crippen LogP) is 8.74. The van der Waals surface area contributed by atoms with Gasteiger partial charge in [-0.2, -0.15) is 0 Å². The van der Waals surface area contributed by atoms with Crippen LogP contribution in [0.3, 0.4) is 0 Å². The van der Waals surface area contributed by atoms with Crippen LogP contribution in [0.25, 0.3) is 0 Å². The minimum Gasteiger partial charge on any atom is -0.392 e. The second kappa shape index (κ2) is 7.04. The van der Waals surface area contributed by atoms with Gasteiger partial charge in [0.25, 0.3) is 0 Å². The Bertz CT molecular complexity index is 796. The van der Waals surface area contributed by atoms with Crippen molar-refractivity contribution in [1.82, 2.24) is 0 Å². The zero-order valence-electron chi connectivity index (χ0n) is 23.9. The van der Waals surface area contributed by atoms with Crippen molar-refractivity contribution in [3.63, 3.8) is 0 Å². The van der Waals surface area contributed by atoms with Gasteiger partial charge in [0.2, 0.25) is 0 Å². The van der Waals surface area contributed by atoms with Crippen LogP contribution in [0.2, 0.25) is 0 Å². The summed E-state index contributed by atoms with van der Waals surface area (Å²) in [4.78, 5) is 0. The molecule has 11 unspecified atom stereocenters. The Morgan fingerprint density at radius 2 is 1.06 bits per heavy atom. The van der Waals surface area contributed by atoms with Gasteiger partial charge in [0.1, 0.15) is 0 Å². The Balaban J connectivity index is 1.56. The summed E-state index contributed by atoms with van der Waals surface area (Å²) in [5.74, 6) is 4.54. The molecule has 11 atom stereocenters. The highest BCUT2D eigenvalue weighted by Gasteiger charge is 2.71. The molecule has 5 aliphatic rings. The van der Waals surface area contributed by atoms with Crippen LogP contribution in [0, 0.1) is 68.0 Å². The van der Waals surface area contributed by atoms with Crippen LogP contribution < -0.4 is 0 Å². The van der Waals surface area contributed by atoms with E-state index in [2.05, 4.69) is 69.2 Å². The predicted molar refractivity (Wildman–Crippen MR) is 140 cm³/mol. The zero-order chi connectivity index (χ0) is 24.4. The standard InChI is InChI=1S/C32H56O/c1-20-17-27(3,4)22-13-15-31(9)24(29(22,7)18-20)11-12-25-30(8)19-21(2)26(33)28(5,6)23(30)14-16-32(25,31)10/h20-26,33H,11-19H2,1-10H3. The van der Waals surface area contributed by atoms with Gasteiger partial charge < -0.3 is 5.11 Å². The van der Waals surface area contributed by atoms with Gasteiger partial charge >= 0.3 is 0 Å². The van der Waals surface area contributed by atoms with E-state index in [4.69, 9.17) is 0 Å². The van der Waals surface area contributed by atoms with Crippen molar-refractivity contribution in [1.29, 1.82) is 0 Å². The van der Waals surface area contributed by atoms with Gasteiger partial charge in [-0.05, 0) is 126 Å². The molecule has 5 rings (SSSR count). The second-order valence-electron chi connectivity index (χ2n) is 16.7. The molecule has 0 heterocycles. The molecule has 0 radical (unpaired) electrons. The highest BCUT2D eigenvalue weighted by Crippen LogP contribution is 2.78. The molecule has 0 saturated heterocycles. The van der Waals surface area contributed by atoms with E-state index in [0.29, 0.717) is 38.9 Å². The van der Waals surface area contributed by atoms with E-state index in [1.807, 2.05) is 0 Å². The molecule has 0 aromatic rings. The van der Waals surface area contributed by atoms with E-state index >= 15 is 0 Å². The highest BCUT2D eigenvalue weighted by molar-refractivity contribution is 5.20. The summed E-state index contributed by atoms with van der Waals surface area (Å²) in [7, 11) is 0. The van der Waals surface area contributed by atoms with E-state index in [1.165, 1.54) is 57.8 Å². The molecule has 0 aromatic heterocycles. The molecular weight excluding hydrogens is 400 g/mol. The molecule has 0 aliphatic heterocycles. The van der Waals surface area contributed by atoms with Crippen molar-refractivity contribution in [2.45, 2.75) is 133 Å². The summed E-state index contributed by atoms with van der Waals surface area (Å²) in [6, 6.07) is 0. The van der Waals surface area contributed by atoms with Crippen LogP contribution in [0.15, 0.2) is 0 Å². The minimum absolute atomic E-state index is 0.0396. The number of aliphatic hydroxyl groups is 1. The molecule has 1 nitrogen and oxygen atoms in total. The normalized spacial score (nSPS) is 59.5. The van der Waals surface area contributed by atoms with Crippen molar-refractivity contribution < 1.29 is 5.11 Å². The lowest BCUT2D eigenvalue weighted by atomic mass is 9.30. The van der Waals surface area contributed by atoms with Gasteiger partial charge in [0.05, 0.1) is 6.10 Å². The van der Waals surface area contributed by atoms with Crippen LogP contribution in [0.4, 0.5) is 0 Å². The van der Waals surface area contributed by atoms with Crippen molar-refractivity contribution in [3.8, 4) is 0 Å². The Morgan fingerprint density at radius 3 is 1.61 bits per heavy atom. The molecule has 0 bridgehead atoms. The monoisotopic (exact) mass is 456 g/mol. The summed E-state index contributed by atoms with van der Waals surface area (Å²) < 4.78 is 0. The third-order valence-corrected chi connectivity index (χ3v) is 14.2. The maximum atomic E-state index is 11.2. The molecule has 5 saturated carbocycles. The lowest BCUT2D eigenvalue weighted by Crippen LogP contribution is -2.69. The summed E-state index contributed by atoms with van der Waals surface area (Å²) >= 11 is 0. The Kier molecular flexibility index (Phi) is 5.26. The smallest absolute Gasteiger partial charge is 0.0619 e. The number of hydrogen-bond donors (Lipinski definition) is 1. The molecule has 5 aliphatic carbocycles. The Morgan fingerprint density at radius 1 is 0.576 bits per heavy atom. The first kappa shape index (κ1) is 24.6. The molecule has 0 aromatic carbocycles. The number of rotatable bonds is 0. The number of fused-ring (bicyclic) bond motifs is 7. The molecule has 1 heteroatoms. The fourth-order valence-electron chi connectivity index (χ4n) is 13.5. The second-order valence-corrected chi connectivity index (χ2v) is 16.7. The average Bonchev–Trinajstić information content (AvgIpc) is 2.65. The third-order valence-electron chi connectivity index (χ3n) is 14.2. The molecular formula is C32H56O. The minimum atomic E-state index is -0.146. The van der Waals surface area contributed by atoms with Gasteiger partial charge in [-0.15, -0.1) is 0 Å². The van der Waals surface area contributed by atoms with Gasteiger partial charge in [0.15, 0.2) is 0 Å². The number of aliphatic hydroxyl groups excluding tert-OH is 1. The van der Waals surface area contributed by atoms with E-state index in [0.717, 1.165) is 23.7 Å². The van der Waals surface area contributed by atoms with Gasteiger partial charge in [-0.3, -0.25) is 0 Å².